The molecule has 1 aromatic carbocycles. The van der Waals surface area contributed by atoms with Gasteiger partial charge in [-0.2, -0.15) is 0 Å². The molecule has 0 spiro atoms. The van der Waals surface area contributed by atoms with Gasteiger partial charge in [-0.05, 0) is 31.9 Å². The molecule has 2 rings (SSSR count). The number of piperidine rings is 1. The molecule has 0 aliphatic carbocycles. The Morgan fingerprint density at radius 3 is 2.69 bits per heavy atom. The summed E-state index contributed by atoms with van der Waals surface area (Å²) in [5, 5.41) is 9.05. The summed E-state index contributed by atoms with van der Waals surface area (Å²) in [7, 11) is -3.83. The van der Waals surface area contributed by atoms with E-state index in [1.807, 2.05) is 0 Å². The SMILES string of the molecule is CC(=O)c1cccc(S(=O)(=O)NCCC(=O)N2CCCC(C(=O)O)C2)c1. The van der Waals surface area contributed by atoms with Gasteiger partial charge in [0, 0.05) is 31.6 Å². The number of aliphatic carboxylic acids is 1. The number of carboxylic acid groups (broad SMARTS) is 1. The van der Waals surface area contributed by atoms with Crippen molar-refractivity contribution in [2.75, 3.05) is 19.6 Å². The van der Waals surface area contributed by atoms with E-state index in [4.69, 9.17) is 5.11 Å². The van der Waals surface area contributed by atoms with Crippen LogP contribution in [-0.4, -0.2) is 55.7 Å². The smallest absolute Gasteiger partial charge is 0.308 e. The van der Waals surface area contributed by atoms with Gasteiger partial charge in [0.1, 0.15) is 0 Å². The number of carbonyl (C=O) groups excluding carboxylic acids is 2. The highest BCUT2D eigenvalue weighted by Crippen LogP contribution is 2.17. The van der Waals surface area contributed by atoms with E-state index in [1.54, 1.807) is 0 Å². The third kappa shape index (κ3) is 5.12. The molecule has 1 saturated heterocycles. The highest BCUT2D eigenvalue weighted by molar-refractivity contribution is 7.89. The first-order valence-electron chi connectivity index (χ1n) is 8.32. The number of hydrogen-bond acceptors (Lipinski definition) is 5. The molecule has 1 fully saturated rings. The Hall–Kier alpha value is -2.26. The number of carboxylic acids is 1. The van der Waals surface area contributed by atoms with Crippen LogP contribution < -0.4 is 4.72 Å². The van der Waals surface area contributed by atoms with E-state index in [2.05, 4.69) is 4.72 Å². The van der Waals surface area contributed by atoms with Crippen molar-refractivity contribution >= 4 is 27.7 Å². The summed E-state index contributed by atoms with van der Waals surface area (Å²) in [6.07, 6.45) is 1.10. The van der Waals surface area contributed by atoms with Crippen molar-refractivity contribution in [2.24, 2.45) is 5.92 Å². The van der Waals surface area contributed by atoms with Crippen LogP contribution in [-0.2, 0) is 19.6 Å². The largest absolute Gasteiger partial charge is 0.481 e. The van der Waals surface area contributed by atoms with Gasteiger partial charge in [-0.25, -0.2) is 13.1 Å². The number of Topliss-reactive ketones (excluding diaryl/α,β-unsaturated/α-hetero) is 1. The number of nitrogens with zero attached hydrogens (tertiary/aromatic N) is 1. The van der Waals surface area contributed by atoms with E-state index in [0.29, 0.717) is 19.4 Å². The molecule has 0 radical (unpaired) electrons. The number of rotatable bonds is 7. The Morgan fingerprint density at radius 1 is 1.31 bits per heavy atom. The minimum Gasteiger partial charge on any atom is -0.481 e. The molecule has 0 aromatic heterocycles. The second kappa shape index (κ2) is 8.41. The number of sulfonamides is 1. The Labute approximate surface area is 152 Å². The van der Waals surface area contributed by atoms with Gasteiger partial charge in [-0.1, -0.05) is 12.1 Å². The maximum Gasteiger partial charge on any atom is 0.308 e. The van der Waals surface area contributed by atoms with Crippen molar-refractivity contribution in [1.29, 1.82) is 0 Å². The van der Waals surface area contributed by atoms with Gasteiger partial charge in [-0.3, -0.25) is 14.4 Å². The van der Waals surface area contributed by atoms with E-state index in [-0.39, 0.29) is 41.7 Å². The molecule has 1 aliphatic rings. The summed E-state index contributed by atoms with van der Waals surface area (Å²) in [5.41, 5.74) is 0.289. The van der Waals surface area contributed by atoms with Crippen LogP contribution in [0.3, 0.4) is 0 Å². The second-order valence-corrected chi connectivity index (χ2v) is 8.02. The Balaban J connectivity index is 1.92. The first kappa shape index (κ1) is 20.1. The van der Waals surface area contributed by atoms with Crippen molar-refractivity contribution < 1.29 is 27.9 Å². The molecule has 1 aliphatic heterocycles. The third-order valence-corrected chi connectivity index (χ3v) is 5.76. The minimum absolute atomic E-state index is 0.0402. The quantitative estimate of drug-likeness (QED) is 0.675. The molecule has 8 nitrogen and oxygen atoms in total. The van der Waals surface area contributed by atoms with Crippen molar-refractivity contribution in [2.45, 2.75) is 31.1 Å². The van der Waals surface area contributed by atoms with E-state index < -0.39 is 21.9 Å². The molecule has 2 N–H and O–H groups in total. The van der Waals surface area contributed by atoms with Gasteiger partial charge < -0.3 is 10.0 Å². The molecule has 1 atom stereocenters. The van der Waals surface area contributed by atoms with Crippen molar-refractivity contribution in [3.8, 4) is 0 Å². The lowest BCUT2D eigenvalue weighted by molar-refractivity contribution is -0.145. The molecular formula is C17H22N2O6S. The van der Waals surface area contributed by atoms with Crippen LogP contribution in [0.5, 0.6) is 0 Å². The predicted octanol–water partition coefficient (Wildman–Crippen LogP) is 0.881. The zero-order chi connectivity index (χ0) is 19.3. The van der Waals surface area contributed by atoms with E-state index in [0.717, 1.165) is 0 Å². The summed E-state index contributed by atoms with van der Waals surface area (Å²) in [6.45, 7) is 1.89. The number of carbonyl (C=O) groups is 3. The highest BCUT2D eigenvalue weighted by Gasteiger charge is 2.28. The zero-order valence-corrected chi connectivity index (χ0v) is 15.3. The first-order valence-corrected chi connectivity index (χ1v) is 9.80. The summed E-state index contributed by atoms with van der Waals surface area (Å²) < 4.78 is 26.9. The van der Waals surface area contributed by atoms with Crippen molar-refractivity contribution in [3.63, 3.8) is 0 Å². The van der Waals surface area contributed by atoms with E-state index in [1.165, 1.54) is 36.1 Å². The molecule has 26 heavy (non-hydrogen) atoms. The first-order chi connectivity index (χ1) is 12.2. The normalized spacial score (nSPS) is 17.7. The lowest BCUT2D eigenvalue weighted by Crippen LogP contribution is -2.43. The van der Waals surface area contributed by atoms with Crippen LogP contribution in [0.1, 0.15) is 36.5 Å². The highest BCUT2D eigenvalue weighted by atomic mass is 32.2. The van der Waals surface area contributed by atoms with Gasteiger partial charge in [0.25, 0.3) is 0 Å². The van der Waals surface area contributed by atoms with Crippen molar-refractivity contribution in [3.05, 3.63) is 29.8 Å². The monoisotopic (exact) mass is 382 g/mol. The number of hydrogen-bond donors (Lipinski definition) is 2. The molecule has 0 bridgehead atoms. The Bertz CT molecular complexity index is 805. The predicted molar refractivity (Wildman–Crippen MR) is 93.2 cm³/mol. The maximum atomic E-state index is 12.3. The topological polar surface area (TPSA) is 121 Å². The van der Waals surface area contributed by atoms with Gasteiger partial charge >= 0.3 is 5.97 Å². The van der Waals surface area contributed by atoms with Crippen LogP contribution in [0.15, 0.2) is 29.2 Å². The fourth-order valence-corrected chi connectivity index (χ4v) is 3.90. The van der Waals surface area contributed by atoms with Crippen LogP contribution in [0.4, 0.5) is 0 Å². The molecule has 0 saturated carbocycles. The summed E-state index contributed by atoms with van der Waals surface area (Å²) in [4.78, 5) is 36.0. The Kier molecular flexibility index (Phi) is 6.49. The number of benzene rings is 1. The Morgan fingerprint density at radius 2 is 2.04 bits per heavy atom. The molecule has 1 amide bonds. The lowest BCUT2D eigenvalue weighted by Gasteiger charge is -2.30. The summed E-state index contributed by atoms with van der Waals surface area (Å²) in [6, 6.07) is 5.67. The summed E-state index contributed by atoms with van der Waals surface area (Å²) >= 11 is 0. The average Bonchev–Trinajstić information content (AvgIpc) is 2.61. The number of nitrogens with one attached hydrogen (secondary N) is 1. The van der Waals surface area contributed by atoms with Gasteiger partial charge in [0.2, 0.25) is 15.9 Å². The fraction of sp³-hybridized carbons (Fsp3) is 0.471. The average molecular weight is 382 g/mol. The summed E-state index contributed by atoms with van der Waals surface area (Å²) in [5.74, 6) is -2.02. The molecule has 9 heteroatoms. The van der Waals surface area contributed by atoms with Crippen LogP contribution in [0, 0.1) is 5.92 Å². The second-order valence-electron chi connectivity index (χ2n) is 6.25. The van der Waals surface area contributed by atoms with Crippen molar-refractivity contribution in [1.82, 2.24) is 9.62 Å². The molecular weight excluding hydrogens is 360 g/mol. The molecule has 1 heterocycles. The third-order valence-electron chi connectivity index (χ3n) is 4.31. The van der Waals surface area contributed by atoms with E-state index >= 15 is 0 Å². The molecule has 142 valence electrons. The van der Waals surface area contributed by atoms with Gasteiger partial charge in [0.05, 0.1) is 10.8 Å². The standard InChI is InChI=1S/C17H22N2O6S/c1-12(20)13-4-2-6-15(10-13)26(24,25)18-8-7-16(21)19-9-3-5-14(11-19)17(22)23/h2,4,6,10,14,18H,3,5,7-9,11H2,1H3,(H,22,23). The van der Waals surface area contributed by atoms with E-state index in [9.17, 15) is 22.8 Å². The number of ketones is 1. The van der Waals surface area contributed by atoms with Crippen LogP contribution in [0.2, 0.25) is 0 Å². The lowest BCUT2D eigenvalue weighted by atomic mass is 9.98. The van der Waals surface area contributed by atoms with Gasteiger partial charge in [-0.15, -0.1) is 0 Å². The number of likely N-dealkylation sites (tertiary alicyclic amines) is 1. The van der Waals surface area contributed by atoms with Crippen LogP contribution >= 0.6 is 0 Å². The van der Waals surface area contributed by atoms with Crippen LogP contribution in [0.25, 0.3) is 0 Å². The molecule has 1 unspecified atom stereocenters. The molecule has 1 aromatic rings. The number of amides is 1. The maximum absolute atomic E-state index is 12.3. The van der Waals surface area contributed by atoms with Gasteiger partial charge in [0.15, 0.2) is 5.78 Å². The minimum atomic E-state index is -3.83. The fourth-order valence-electron chi connectivity index (χ4n) is 2.82. The zero-order valence-electron chi connectivity index (χ0n) is 14.5.